The van der Waals surface area contributed by atoms with Crippen molar-refractivity contribution >= 4 is 39.1 Å². The van der Waals surface area contributed by atoms with Crippen LogP contribution in [-0.2, 0) is 6.54 Å². The first-order valence-electron chi connectivity index (χ1n) is 5.07. The van der Waals surface area contributed by atoms with Gasteiger partial charge in [0.05, 0.1) is 5.02 Å². The molecule has 0 bridgehead atoms. The van der Waals surface area contributed by atoms with Gasteiger partial charge in [0.2, 0.25) is 5.88 Å². The van der Waals surface area contributed by atoms with Crippen LogP contribution < -0.4 is 10.5 Å². The molecular formula is C12H9BrCl2N2O. The van der Waals surface area contributed by atoms with Gasteiger partial charge in [0.1, 0.15) is 10.8 Å². The van der Waals surface area contributed by atoms with Crippen molar-refractivity contribution in [3.05, 3.63) is 50.5 Å². The summed E-state index contributed by atoms with van der Waals surface area (Å²) in [4.78, 5) is 4.03. The Hall–Kier alpha value is -0.810. The van der Waals surface area contributed by atoms with Crippen LogP contribution in [0, 0.1) is 0 Å². The second-order valence-corrected chi connectivity index (χ2v) is 5.26. The number of hydrogen-bond acceptors (Lipinski definition) is 3. The Morgan fingerprint density at radius 1 is 1.28 bits per heavy atom. The van der Waals surface area contributed by atoms with Crippen LogP contribution in [-0.4, -0.2) is 4.98 Å². The predicted octanol–water partition coefficient (Wildman–Crippen LogP) is 4.40. The fourth-order valence-electron chi connectivity index (χ4n) is 1.39. The summed E-state index contributed by atoms with van der Waals surface area (Å²) in [5.74, 6) is 0.926. The Kier molecular flexibility index (Phi) is 4.45. The maximum absolute atomic E-state index is 5.99. The Labute approximate surface area is 123 Å². The summed E-state index contributed by atoms with van der Waals surface area (Å²) in [6, 6.07) is 7.13. The van der Waals surface area contributed by atoms with Crippen LogP contribution in [0.1, 0.15) is 5.56 Å². The number of halogens is 3. The zero-order valence-corrected chi connectivity index (χ0v) is 12.3. The molecule has 18 heavy (non-hydrogen) atoms. The van der Waals surface area contributed by atoms with E-state index in [0.717, 1.165) is 10.0 Å². The minimum absolute atomic E-state index is 0.304. The lowest BCUT2D eigenvalue weighted by molar-refractivity contribution is 0.457. The van der Waals surface area contributed by atoms with Gasteiger partial charge in [-0.2, -0.15) is 0 Å². The minimum Gasteiger partial charge on any atom is -0.437 e. The number of nitrogens with zero attached hydrogens (tertiary/aromatic N) is 1. The molecule has 0 amide bonds. The van der Waals surface area contributed by atoms with Crippen molar-refractivity contribution < 1.29 is 4.74 Å². The number of aromatic nitrogens is 1. The molecule has 2 rings (SSSR count). The van der Waals surface area contributed by atoms with Gasteiger partial charge >= 0.3 is 0 Å². The van der Waals surface area contributed by atoms with Crippen LogP contribution in [0.4, 0.5) is 0 Å². The number of benzene rings is 1. The van der Waals surface area contributed by atoms with Crippen molar-refractivity contribution in [3.8, 4) is 11.6 Å². The van der Waals surface area contributed by atoms with Gasteiger partial charge in [0.25, 0.3) is 0 Å². The highest BCUT2D eigenvalue weighted by Crippen LogP contribution is 2.31. The summed E-state index contributed by atoms with van der Waals surface area (Å²) in [6.07, 6.45) is 1.48. The summed E-state index contributed by atoms with van der Waals surface area (Å²) in [7, 11) is 0. The van der Waals surface area contributed by atoms with Crippen molar-refractivity contribution in [2.24, 2.45) is 5.73 Å². The van der Waals surface area contributed by atoms with Crippen LogP contribution in [0.3, 0.4) is 0 Å². The van der Waals surface area contributed by atoms with Crippen molar-refractivity contribution in [3.63, 3.8) is 0 Å². The quantitative estimate of drug-likeness (QED) is 0.894. The SMILES string of the molecule is NCc1cc(Br)ccc1Oc1ncc(Cl)cc1Cl. The van der Waals surface area contributed by atoms with Crippen molar-refractivity contribution in [2.45, 2.75) is 6.54 Å². The monoisotopic (exact) mass is 346 g/mol. The third kappa shape index (κ3) is 3.14. The Morgan fingerprint density at radius 2 is 2.06 bits per heavy atom. The van der Waals surface area contributed by atoms with Crippen molar-refractivity contribution in [1.29, 1.82) is 0 Å². The summed E-state index contributed by atoms with van der Waals surface area (Å²) in [6.45, 7) is 0.361. The molecule has 1 aromatic heterocycles. The first-order chi connectivity index (χ1) is 8.60. The molecular weight excluding hydrogens is 339 g/mol. The van der Waals surface area contributed by atoms with E-state index in [1.165, 1.54) is 6.20 Å². The first kappa shape index (κ1) is 13.6. The van der Waals surface area contributed by atoms with Gasteiger partial charge in [-0.1, -0.05) is 39.1 Å². The molecule has 0 aliphatic carbocycles. The van der Waals surface area contributed by atoms with Gasteiger partial charge in [0.15, 0.2) is 0 Å². The lowest BCUT2D eigenvalue weighted by atomic mass is 10.2. The van der Waals surface area contributed by atoms with E-state index < -0.39 is 0 Å². The maximum atomic E-state index is 5.99. The average Bonchev–Trinajstić information content (AvgIpc) is 2.34. The van der Waals surface area contributed by atoms with Crippen molar-refractivity contribution in [2.75, 3.05) is 0 Å². The lowest BCUT2D eigenvalue weighted by Gasteiger charge is -2.10. The molecule has 1 heterocycles. The molecule has 0 aliphatic heterocycles. The van der Waals surface area contributed by atoms with Crippen molar-refractivity contribution in [1.82, 2.24) is 4.98 Å². The lowest BCUT2D eigenvalue weighted by Crippen LogP contribution is -2.00. The van der Waals surface area contributed by atoms with Crippen LogP contribution in [0.2, 0.25) is 10.0 Å². The summed E-state index contributed by atoms with van der Waals surface area (Å²) >= 11 is 15.1. The Morgan fingerprint density at radius 3 is 2.72 bits per heavy atom. The normalized spacial score (nSPS) is 10.4. The molecule has 0 saturated heterocycles. The molecule has 3 nitrogen and oxygen atoms in total. The molecule has 0 aliphatic rings. The molecule has 0 unspecified atom stereocenters. The van der Waals surface area contributed by atoms with Crippen LogP contribution >= 0.6 is 39.1 Å². The topological polar surface area (TPSA) is 48.1 Å². The number of hydrogen-bond donors (Lipinski definition) is 1. The van der Waals surface area contributed by atoms with E-state index in [9.17, 15) is 0 Å². The molecule has 0 atom stereocenters. The summed E-state index contributed by atoms with van der Waals surface area (Å²) < 4.78 is 6.57. The fraction of sp³-hybridized carbons (Fsp3) is 0.0833. The van der Waals surface area contributed by atoms with E-state index >= 15 is 0 Å². The molecule has 0 fully saturated rings. The number of rotatable bonds is 3. The third-order valence-electron chi connectivity index (χ3n) is 2.22. The van der Waals surface area contributed by atoms with Crippen LogP contribution in [0.5, 0.6) is 11.6 Å². The third-order valence-corrected chi connectivity index (χ3v) is 3.19. The van der Waals surface area contributed by atoms with Crippen LogP contribution in [0.25, 0.3) is 0 Å². The van der Waals surface area contributed by atoms with E-state index in [2.05, 4.69) is 20.9 Å². The smallest absolute Gasteiger partial charge is 0.238 e. The number of pyridine rings is 1. The van der Waals surface area contributed by atoms with E-state index in [-0.39, 0.29) is 0 Å². The zero-order valence-electron chi connectivity index (χ0n) is 9.16. The highest BCUT2D eigenvalue weighted by Gasteiger charge is 2.09. The Balaban J connectivity index is 2.33. The fourth-order valence-corrected chi connectivity index (χ4v) is 2.22. The molecule has 2 N–H and O–H groups in total. The Bertz CT molecular complexity index is 578. The highest BCUT2D eigenvalue weighted by atomic mass is 79.9. The molecule has 94 valence electrons. The molecule has 0 radical (unpaired) electrons. The van der Waals surface area contributed by atoms with Gasteiger partial charge in [0, 0.05) is 22.8 Å². The van der Waals surface area contributed by atoms with E-state index in [4.69, 9.17) is 33.7 Å². The minimum atomic E-state index is 0.304. The largest absolute Gasteiger partial charge is 0.437 e. The average molecular weight is 348 g/mol. The summed E-state index contributed by atoms with van der Waals surface area (Å²) in [5, 5.41) is 0.815. The van der Waals surface area contributed by atoms with Gasteiger partial charge in [-0.25, -0.2) is 4.98 Å². The molecule has 0 saturated carbocycles. The second kappa shape index (κ2) is 5.89. The maximum Gasteiger partial charge on any atom is 0.238 e. The second-order valence-electron chi connectivity index (χ2n) is 3.50. The van der Waals surface area contributed by atoms with E-state index in [1.807, 2.05) is 12.1 Å². The molecule has 6 heteroatoms. The van der Waals surface area contributed by atoms with E-state index in [1.54, 1.807) is 12.1 Å². The number of ether oxygens (including phenoxy) is 1. The predicted molar refractivity (Wildman–Crippen MR) is 76.4 cm³/mol. The first-order valence-corrected chi connectivity index (χ1v) is 6.62. The van der Waals surface area contributed by atoms with Gasteiger partial charge in [-0.15, -0.1) is 0 Å². The van der Waals surface area contributed by atoms with Crippen LogP contribution in [0.15, 0.2) is 34.9 Å². The summed E-state index contributed by atoms with van der Waals surface area (Å²) in [5.41, 5.74) is 6.52. The molecule has 0 spiro atoms. The van der Waals surface area contributed by atoms with Gasteiger partial charge in [-0.05, 0) is 24.3 Å². The molecule has 2 aromatic rings. The standard InChI is InChI=1S/C12H9BrCl2N2O/c13-8-1-2-11(7(3-8)5-16)18-12-10(15)4-9(14)6-17-12/h1-4,6H,5,16H2. The van der Waals surface area contributed by atoms with Gasteiger partial charge < -0.3 is 10.5 Å². The molecule has 1 aromatic carbocycles. The zero-order chi connectivity index (χ0) is 13.1. The number of nitrogens with two attached hydrogens (primary N) is 1. The van der Waals surface area contributed by atoms with Gasteiger partial charge in [-0.3, -0.25) is 0 Å². The highest BCUT2D eigenvalue weighted by molar-refractivity contribution is 9.10. The van der Waals surface area contributed by atoms with E-state index in [0.29, 0.717) is 28.2 Å².